The summed E-state index contributed by atoms with van der Waals surface area (Å²) in [5, 5.41) is 0. The second-order valence-corrected chi connectivity index (χ2v) is 8.30. The molecule has 128 valence electrons. The first kappa shape index (κ1) is 16.7. The zero-order valence-electron chi connectivity index (χ0n) is 13.5. The van der Waals surface area contributed by atoms with Crippen molar-refractivity contribution in [2.24, 2.45) is 0 Å². The molecule has 1 atom stereocenters. The van der Waals surface area contributed by atoms with Crippen molar-refractivity contribution in [1.29, 1.82) is 0 Å². The summed E-state index contributed by atoms with van der Waals surface area (Å²) in [5.41, 5.74) is 0.695. The van der Waals surface area contributed by atoms with E-state index in [0.717, 1.165) is 43.5 Å². The highest BCUT2D eigenvalue weighted by atomic mass is 32.2. The molecular weight excluding hydrogens is 316 g/mol. The molecule has 1 saturated heterocycles. The number of rotatable bonds is 7. The Kier molecular flexibility index (Phi) is 4.89. The maximum Gasteiger partial charge on any atom is 0.214 e. The molecule has 1 saturated carbocycles. The van der Waals surface area contributed by atoms with Gasteiger partial charge in [0.2, 0.25) is 10.0 Å². The molecule has 2 fully saturated rings. The van der Waals surface area contributed by atoms with Gasteiger partial charge < -0.3 is 9.47 Å². The fourth-order valence-corrected chi connectivity index (χ4v) is 4.65. The number of methoxy groups -OCH3 is 1. The highest BCUT2D eigenvalue weighted by molar-refractivity contribution is 7.89. The van der Waals surface area contributed by atoms with Crippen LogP contribution in [0.25, 0.3) is 0 Å². The quantitative estimate of drug-likeness (QED) is 0.816. The van der Waals surface area contributed by atoms with E-state index < -0.39 is 10.0 Å². The van der Waals surface area contributed by atoms with E-state index in [1.54, 1.807) is 19.4 Å². The van der Waals surface area contributed by atoms with Crippen LogP contribution < -0.4 is 9.46 Å². The second-order valence-electron chi connectivity index (χ2n) is 6.45. The Labute approximate surface area is 137 Å². The summed E-state index contributed by atoms with van der Waals surface area (Å²) in [4.78, 5) is 4.45. The van der Waals surface area contributed by atoms with Gasteiger partial charge in [0.15, 0.2) is 0 Å². The largest absolute Gasteiger partial charge is 0.497 e. The van der Waals surface area contributed by atoms with E-state index in [2.05, 4.69) is 9.71 Å². The molecular formula is C16H24N2O4S. The predicted octanol–water partition coefficient (Wildman–Crippen LogP) is 1.61. The number of hydrogen-bond donors (Lipinski definition) is 1. The first-order valence-corrected chi connectivity index (χ1v) is 9.78. The zero-order chi connectivity index (χ0) is 16.3. The molecule has 1 aliphatic carbocycles. The van der Waals surface area contributed by atoms with E-state index in [0.29, 0.717) is 13.2 Å². The lowest BCUT2D eigenvalue weighted by Crippen LogP contribution is -2.47. The molecule has 0 radical (unpaired) electrons. The second kappa shape index (κ2) is 6.75. The number of hydrogen-bond acceptors (Lipinski definition) is 5. The predicted molar refractivity (Wildman–Crippen MR) is 87.1 cm³/mol. The van der Waals surface area contributed by atoms with E-state index >= 15 is 0 Å². The first-order chi connectivity index (χ1) is 11.0. The third-order valence-electron chi connectivity index (χ3n) is 4.88. The highest BCUT2D eigenvalue weighted by Crippen LogP contribution is 2.43. The third kappa shape index (κ3) is 3.84. The Balaban J connectivity index is 1.66. The minimum Gasteiger partial charge on any atom is -0.497 e. The molecule has 0 aromatic carbocycles. The topological polar surface area (TPSA) is 77.5 Å². The van der Waals surface area contributed by atoms with Crippen molar-refractivity contribution in [3.63, 3.8) is 0 Å². The molecule has 0 bridgehead atoms. The monoisotopic (exact) mass is 340 g/mol. The number of sulfonamides is 1. The fourth-order valence-electron chi connectivity index (χ4n) is 3.28. The number of aromatic nitrogens is 1. The van der Waals surface area contributed by atoms with Crippen molar-refractivity contribution in [3.05, 3.63) is 24.0 Å². The average Bonchev–Trinajstić information content (AvgIpc) is 2.98. The van der Waals surface area contributed by atoms with Gasteiger partial charge in [0, 0.05) is 30.8 Å². The van der Waals surface area contributed by atoms with Crippen molar-refractivity contribution in [2.45, 2.75) is 43.6 Å². The Morgan fingerprint density at radius 1 is 1.43 bits per heavy atom. The van der Waals surface area contributed by atoms with E-state index in [-0.39, 0.29) is 17.3 Å². The van der Waals surface area contributed by atoms with E-state index in [4.69, 9.17) is 9.47 Å². The van der Waals surface area contributed by atoms with Crippen LogP contribution in [0, 0.1) is 0 Å². The number of nitrogens with zero attached hydrogens (tertiary/aromatic N) is 1. The maximum atomic E-state index is 12.3. The van der Waals surface area contributed by atoms with Crippen LogP contribution in [0.15, 0.2) is 18.3 Å². The van der Waals surface area contributed by atoms with Gasteiger partial charge in [-0.15, -0.1) is 0 Å². The summed E-state index contributed by atoms with van der Waals surface area (Å²) >= 11 is 0. The van der Waals surface area contributed by atoms with Crippen molar-refractivity contribution in [2.75, 3.05) is 26.0 Å². The fraction of sp³-hybridized carbons (Fsp3) is 0.688. The molecule has 0 spiro atoms. The summed E-state index contributed by atoms with van der Waals surface area (Å²) in [5.74, 6) is 0.803. The Morgan fingerprint density at radius 3 is 2.87 bits per heavy atom. The molecule has 1 aromatic heterocycles. The number of pyridine rings is 1. The molecule has 1 aromatic rings. The van der Waals surface area contributed by atoms with E-state index in [1.165, 1.54) is 0 Å². The lowest BCUT2D eigenvalue weighted by atomic mass is 9.66. The minimum absolute atomic E-state index is 0.0502. The smallest absolute Gasteiger partial charge is 0.214 e. The van der Waals surface area contributed by atoms with Crippen LogP contribution in [-0.2, 0) is 20.2 Å². The summed E-state index contributed by atoms with van der Waals surface area (Å²) in [6.07, 6.45) is 6.29. The van der Waals surface area contributed by atoms with Crippen molar-refractivity contribution in [1.82, 2.24) is 9.71 Å². The number of ether oxygens (including phenoxy) is 2. The molecule has 23 heavy (non-hydrogen) atoms. The van der Waals surface area contributed by atoms with Crippen LogP contribution in [0.4, 0.5) is 0 Å². The van der Waals surface area contributed by atoms with Crippen LogP contribution >= 0.6 is 0 Å². The molecule has 1 N–H and O–H groups in total. The van der Waals surface area contributed by atoms with Crippen LogP contribution in [-0.4, -0.2) is 45.5 Å². The molecule has 7 heteroatoms. The van der Waals surface area contributed by atoms with Gasteiger partial charge in [0.05, 0.1) is 24.7 Å². The molecule has 1 unspecified atom stereocenters. The van der Waals surface area contributed by atoms with Gasteiger partial charge in [-0.3, -0.25) is 4.98 Å². The van der Waals surface area contributed by atoms with Crippen molar-refractivity contribution >= 4 is 10.0 Å². The molecule has 1 aliphatic heterocycles. The zero-order valence-corrected chi connectivity index (χ0v) is 14.3. The van der Waals surface area contributed by atoms with E-state index in [9.17, 15) is 8.42 Å². The summed E-state index contributed by atoms with van der Waals surface area (Å²) < 4.78 is 38.0. The minimum atomic E-state index is -3.33. The summed E-state index contributed by atoms with van der Waals surface area (Å²) in [6, 6.07) is 3.71. The molecule has 2 aliphatic rings. The summed E-state index contributed by atoms with van der Waals surface area (Å²) in [7, 11) is -1.71. The van der Waals surface area contributed by atoms with Crippen molar-refractivity contribution < 1.29 is 17.9 Å². The van der Waals surface area contributed by atoms with Gasteiger partial charge in [-0.25, -0.2) is 13.1 Å². The standard InChI is InChI=1S/C16H24N2O4S/c1-21-13-5-8-17-15(10-13)16(6-3-7-16)12-18-23(19,20)11-14-4-2-9-22-14/h5,8,10,14,18H,2-4,6-7,9,11-12H2,1H3. The Bertz CT molecular complexity index is 637. The molecule has 0 amide bonds. The normalized spacial score (nSPS) is 23.4. The van der Waals surface area contributed by atoms with Gasteiger partial charge in [-0.1, -0.05) is 6.42 Å². The Morgan fingerprint density at radius 2 is 2.26 bits per heavy atom. The van der Waals surface area contributed by atoms with Crippen LogP contribution in [0.1, 0.15) is 37.8 Å². The van der Waals surface area contributed by atoms with Gasteiger partial charge in [-0.05, 0) is 31.7 Å². The van der Waals surface area contributed by atoms with Crippen molar-refractivity contribution in [3.8, 4) is 5.75 Å². The molecule has 3 rings (SSSR count). The molecule has 6 nitrogen and oxygen atoms in total. The highest BCUT2D eigenvalue weighted by Gasteiger charge is 2.41. The molecule has 2 heterocycles. The van der Waals surface area contributed by atoms with E-state index in [1.807, 2.05) is 6.07 Å². The van der Waals surface area contributed by atoms with Crippen LogP contribution in [0.5, 0.6) is 5.75 Å². The van der Waals surface area contributed by atoms with Gasteiger partial charge in [0.1, 0.15) is 5.75 Å². The Hall–Kier alpha value is -1.18. The third-order valence-corrected chi connectivity index (χ3v) is 6.28. The lowest BCUT2D eigenvalue weighted by Gasteiger charge is -2.41. The van der Waals surface area contributed by atoms with Gasteiger partial charge in [0.25, 0.3) is 0 Å². The van der Waals surface area contributed by atoms with Gasteiger partial charge in [-0.2, -0.15) is 0 Å². The number of nitrogens with one attached hydrogen (secondary N) is 1. The van der Waals surface area contributed by atoms with Crippen LogP contribution in [0.2, 0.25) is 0 Å². The van der Waals surface area contributed by atoms with Crippen LogP contribution in [0.3, 0.4) is 0 Å². The maximum absolute atomic E-state index is 12.3. The summed E-state index contributed by atoms with van der Waals surface area (Å²) in [6.45, 7) is 1.06. The first-order valence-electron chi connectivity index (χ1n) is 8.12. The SMILES string of the molecule is COc1ccnc(C2(CNS(=O)(=O)CC3CCCO3)CCC2)c1. The lowest BCUT2D eigenvalue weighted by molar-refractivity contribution is 0.127. The van der Waals surface area contributed by atoms with Gasteiger partial charge >= 0.3 is 0 Å². The average molecular weight is 340 g/mol.